The Labute approximate surface area is 85.1 Å². The van der Waals surface area contributed by atoms with Crippen LogP contribution in [0.4, 0.5) is 5.82 Å². The topological polar surface area (TPSA) is 24.9 Å². The van der Waals surface area contributed by atoms with E-state index < -0.39 is 0 Å². The van der Waals surface area contributed by atoms with Gasteiger partial charge in [0.1, 0.15) is 5.82 Å². The van der Waals surface area contributed by atoms with Crippen molar-refractivity contribution in [3.63, 3.8) is 0 Å². The lowest BCUT2D eigenvalue weighted by Gasteiger charge is -2.19. The molecule has 1 aromatic rings. The van der Waals surface area contributed by atoms with E-state index in [4.69, 9.17) is 0 Å². The van der Waals surface area contributed by atoms with Gasteiger partial charge in [-0.2, -0.15) is 0 Å². The molecule has 1 N–H and O–H groups in total. The summed E-state index contributed by atoms with van der Waals surface area (Å²) in [7, 11) is 0. The molecule has 0 aromatic carbocycles. The fourth-order valence-electron chi connectivity index (χ4n) is 1.88. The second-order valence-electron chi connectivity index (χ2n) is 3.81. The van der Waals surface area contributed by atoms with Gasteiger partial charge in [-0.15, -0.1) is 0 Å². The van der Waals surface area contributed by atoms with Gasteiger partial charge >= 0.3 is 0 Å². The van der Waals surface area contributed by atoms with E-state index in [2.05, 4.69) is 42.4 Å². The van der Waals surface area contributed by atoms with Crippen LogP contribution < -0.4 is 5.32 Å². The molecular weight excluding hydrogens is 172 g/mol. The molecule has 2 nitrogen and oxygen atoms in total. The van der Waals surface area contributed by atoms with Crippen molar-refractivity contribution in [3.8, 4) is 0 Å². The molecular formula is C12H16N2. The molecule has 2 heteroatoms. The summed E-state index contributed by atoms with van der Waals surface area (Å²) < 4.78 is 0. The third kappa shape index (κ3) is 1.65. The Kier molecular flexibility index (Phi) is 2.53. The van der Waals surface area contributed by atoms with Crippen molar-refractivity contribution >= 4 is 11.9 Å². The highest BCUT2D eigenvalue weighted by Crippen LogP contribution is 2.24. The van der Waals surface area contributed by atoms with Crippen molar-refractivity contribution in [2.45, 2.75) is 26.3 Å². The Morgan fingerprint density at radius 2 is 2.36 bits per heavy atom. The molecule has 0 amide bonds. The van der Waals surface area contributed by atoms with E-state index in [1.165, 1.54) is 12.0 Å². The summed E-state index contributed by atoms with van der Waals surface area (Å²) in [5, 5.41) is 3.45. The van der Waals surface area contributed by atoms with Crippen LogP contribution in [0.1, 0.15) is 25.8 Å². The van der Waals surface area contributed by atoms with Crippen LogP contribution in [0, 0.1) is 5.92 Å². The van der Waals surface area contributed by atoms with Gasteiger partial charge in [-0.05, 0) is 31.4 Å². The highest BCUT2D eigenvalue weighted by Gasteiger charge is 2.16. The molecule has 14 heavy (non-hydrogen) atoms. The van der Waals surface area contributed by atoms with Crippen molar-refractivity contribution in [2.24, 2.45) is 5.92 Å². The molecule has 2 heterocycles. The predicted molar refractivity (Wildman–Crippen MR) is 60.1 cm³/mol. The van der Waals surface area contributed by atoms with Crippen LogP contribution in [0.25, 0.3) is 6.08 Å². The number of nitrogens with one attached hydrogen (secondary N) is 1. The standard InChI is InChI=1S/C12H16N2/c1-3-10-6-7-11-5-4-8-13-12(11)14-9(10)2/h4-10H,3H2,1-2H3,(H,13,14). The number of rotatable bonds is 1. The molecule has 0 radical (unpaired) electrons. The fraction of sp³-hybridized carbons (Fsp3) is 0.417. The lowest BCUT2D eigenvalue weighted by Crippen LogP contribution is -2.23. The summed E-state index contributed by atoms with van der Waals surface area (Å²) in [6, 6.07) is 4.53. The first-order valence-electron chi connectivity index (χ1n) is 5.21. The van der Waals surface area contributed by atoms with Gasteiger partial charge in [0.2, 0.25) is 0 Å². The van der Waals surface area contributed by atoms with Crippen molar-refractivity contribution in [2.75, 3.05) is 5.32 Å². The smallest absolute Gasteiger partial charge is 0.133 e. The Morgan fingerprint density at radius 1 is 1.50 bits per heavy atom. The summed E-state index contributed by atoms with van der Waals surface area (Å²) in [5.41, 5.74) is 1.19. The number of anilines is 1. The summed E-state index contributed by atoms with van der Waals surface area (Å²) in [5.74, 6) is 1.61. The maximum Gasteiger partial charge on any atom is 0.133 e. The van der Waals surface area contributed by atoms with Crippen LogP contribution in [0.15, 0.2) is 24.4 Å². The van der Waals surface area contributed by atoms with Crippen molar-refractivity contribution in [3.05, 3.63) is 30.0 Å². The maximum absolute atomic E-state index is 4.34. The van der Waals surface area contributed by atoms with Gasteiger partial charge in [0.25, 0.3) is 0 Å². The van der Waals surface area contributed by atoms with E-state index in [1.54, 1.807) is 0 Å². The maximum atomic E-state index is 4.34. The summed E-state index contributed by atoms with van der Waals surface area (Å²) in [6.07, 6.45) is 7.45. The van der Waals surface area contributed by atoms with Crippen molar-refractivity contribution < 1.29 is 0 Å². The first kappa shape index (κ1) is 9.25. The minimum absolute atomic E-state index is 0.465. The largest absolute Gasteiger partial charge is 0.367 e. The normalized spacial score (nSPS) is 25.0. The van der Waals surface area contributed by atoms with E-state index in [0.717, 1.165) is 5.82 Å². The van der Waals surface area contributed by atoms with E-state index >= 15 is 0 Å². The number of fused-ring (bicyclic) bond motifs is 1. The quantitative estimate of drug-likeness (QED) is 0.733. The number of hydrogen-bond acceptors (Lipinski definition) is 2. The molecule has 0 spiro atoms. The van der Waals surface area contributed by atoms with E-state index in [0.29, 0.717) is 12.0 Å². The fourth-order valence-corrected chi connectivity index (χ4v) is 1.88. The van der Waals surface area contributed by atoms with Gasteiger partial charge in [0.05, 0.1) is 0 Å². The lowest BCUT2D eigenvalue weighted by atomic mass is 9.98. The van der Waals surface area contributed by atoms with E-state index in [-0.39, 0.29) is 0 Å². The summed E-state index contributed by atoms with van der Waals surface area (Å²) in [6.45, 7) is 4.43. The zero-order chi connectivity index (χ0) is 9.97. The highest BCUT2D eigenvalue weighted by atomic mass is 15.0. The lowest BCUT2D eigenvalue weighted by molar-refractivity contribution is 0.551. The van der Waals surface area contributed by atoms with Gasteiger partial charge in [-0.1, -0.05) is 19.1 Å². The molecule has 0 fully saturated rings. The van der Waals surface area contributed by atoms with Crippen molar-refractivity contribution in [1.29, 1.82) is 0 Å². The van der Waals surface area contributed by atoms with Crippen LogP contribution in [0.5, 0.6) is 0 Å². The van der Waals surface area contributed by atoms with Gasteiger partial charge < -0.3 is 5.32 Å². The van der Waals surface area contributed by atoms with Gasteiger partial charge in [-0.3, -0.25) is 0 Å². The third-order valence-corrected chi connectivity index (χ3v) is 2.84. The number of aromatic nitrogens is 1. The Balaban J connectivity index is 2.34. The molecule has 74 valence electrons. The van der Waals surface area contributed by atoms with Crippen LogP contribution >= 0.6 is 0 Å². The van der Waals surface area contributed by atoms with Crippen molar-refractivity contribution in [1.82, 2.24) is 4.98 Å². The molecule has 2 atom stereocenters. The zero-order valence-electron chi connectivity index (χ0n) is 8.70. The molecule has 0 aliphatic carbocycles. The molecule has 2 unspecified atom stereocenters. The van der Waals surface area contributed by atoms with Crippen LogP contribution in [0.3, 0.4) is 0 Å². The van der Waals surface area contributed by atoms with Crippen LogP contribution in [-0.2, 0) is 0 Å². The molecule has 1 aromatic heterocycles. The SMILES string of the molecule is CCC1C=Cc2cccnc2NC1C. The average Bonchev–Trinajstić information content (AvgIpc) is 2.36. The molecule has 1 aliphatic rings. The van der Waals surface area contributed by atoms with Gasteiger partial charge in [0, 0.05) is 17.8 Å². The number of hydrogen-bond donors (Lipinski definition) is 1. The van der Waals surface area contributed by atoms with Crippen LogP contribution in [0.2, 0.25) is 0 Å². The Bertz CT molecular complexity index is 344. The zero-order valence-corrected chi connectivity index (χ0v) is 8.70. The van der Waals surface area contributed by atoms with Gasteiger partial charge in [-0.25, -0.2) is 4.98 Å². The first-order chi connectivity index (χ1) is 6.81. The average molecular weight is 188 g/mol. The van der Waals surface area contributed by atoms with Gasteiger partial charge in [0.15, 0.2) is 0 Å². The molecule has 1 aliphatic heterocycles. The first-order valence-corrected chi connectivity index (χ1v) is 5.21. The van der Waals surface area contributed by atoms with Crippen LogP contribution in [-0.4, -0.2) is 11.0 Å². The monoisotopic (exact) mass is 188 g/mol. The Morgan fingerprint density at radius 3 is 3.14 bits per heavy atom. The molecule has 2 rings (SSSR count). The molecule has 0 saturated heterocycles. The summed E-state index contributed by atoms with van der Waals surface area (Å²) >= 11 is 0. The minimum atomic E-state index is 0.465. The Hall–Kier alpha value is -1.31. The predicted octanol–water partition coefficient (Wildman–Crippen LogP) is 2.94. The highest BCUT2D eigenvalue weighted by molar-refractivity contribution is 5.64. The third-order valence-electron chi connectivity index (χ3n) is 2.84. The minimum Gasteiger partial charge on any atom is -0.367 e. The second kappa shape index (κ2) is 3.82. The van der Waals surface area contributed by atoms with E-state index in [9.17, 15) is 0 Å². The molecule has 0 bridgehead atoms. The molecule has 0 saturated carbocycles. The second-order valence-corrected chi connectivity index (χ2v) is 3.81. The summed E-state index contributed by atoms with van der Waals surface area (Å²) in [4.78, 5) is 4.34. The van der Waals surface area contributed by atoms with E-state index in [1.807, 2.05) is 12.3 Å². The number of nitrogens with zero attached hydrogens (tertiary/aromatic N) is 1. The number of pyridine rings is 1.